The molecule has 1 N–H and O–H groups in total. The predicted molar refractivity (Wildman–Crippen MR) is 83.0 cm³/mol. The fraction of sp³-hybridized carbons (Fsp3) is 0.375. The van der Waals surface area contributed by atoms with Gasteiger partial charge in [0.05, 0.1) is 20.0 Å². The number of nitrogens with one attached hydrogen (secondary N) is 1. The number of methoxy groups -OCH3 is 1. The van der Waals surface area contributed by atoms with E-state index < -0.39 is 0 Å². The summed E-state index contributed by atoms with van der Waals surface area (Å²) in [6.07, 6.45) is 4.87. The number of amides is 1. The van der Waals surface area contributed by atoms with E-state index in [-0.39, 0.29) is 18.1 Å². The van der Waals surface area contributed by atoms with E-state index in [9.17, 15) is 4.79 Å². The van der Waals surface area contributed by atoms with Gasteiger partial charge in [-0.2, -0.15) is 0 Å². The van der Waals surface area contributed by atoms with Crippen molar-refractivity contribution in [2.45, 2.75) is 26.0 Å². The molecule has 0 saturated heterocycles. The number of carbonyl (C=O) groups excluding carboxylic acids is 1. The number of para-hydroxylation sites is 2. The van der Waals surface area contributed by atoms with Crippen LogP contribution in [0, 0.1) is 0 Å². The smallest absolute Gasteiger partial charge is 0.242 e. The van der Waals surface area contributed by atoms with Crippen molar-refractivity contribution in [2.24, 2.45) is 0 Å². The minimum atomic E-state index is -0.305. The number of nitrogens with zero attached hydrogens (tertiary/aromatic N) is 2. The van der Waals surface area contributed by atoms with Crippen molar-refractivity contribution in [1.29, 1.82) is 0 Å². The first-order valence-electron chi connectivity index (χ1n) is 7.16. The number of carbonyl (C=O) groups is 1. The molecule has 0 saturated carbocycles. The summed E-state index contributed by atoms with van der Waals surface area (Å²) in [5.74, 6) is 1.26. The van der Waals surface area contributed by atoms with Crippen LogP contribution in [0.1, 0.15) is 19.9 Å². The zero-order chi connectivity index (χ0) is 15.9. The molecule has 0 aliphatic carbocycles. The molecule has 1 amide bonds. The third kappa shape index (κ3) is 4.00. The van der Waals surface area contributed by atoms with Crippen LogP contribution in [0.15, 0.2) is 43.0 Å². The summed E-state index contributed by atoms with van der Waals surface area (Å²) < 4.78 is 12.8. The van der Waals surface area contributed by atoms with E-state index >= 15 is 0 Å². The van der Waals surface area contributed by atoms with Crippen LogP contribution in [0.3, 0.4) is 0 Å². The van der Waals surface area contributed by atoms with E-state index in [2.05, 4.69) is 10.3 Å². The van der Waals surface area contributed by atoms with Crippen molar-refractivity contribution in [2.75, 3.05) is 13.7 Å². The van der Waals surface area contributed by atoms with Gasteiger partial charge in [-0.3, -0.25) is 4.79 Å². The molecule has 6 nitrogen and oxygen atoms in total. The maximum atomic E-state index is 12.1. The normalized spacial score (nSPS) is 13.2. The first-order chi connectivity index (χ1) is 10.6. The van der Waals surface area contributed by atoms with Gasteiger partial charge in [-0.1, -0.05) is 12.1 Å². The Morgan fingerprint density at radius 1 is 1.32 bits per heavy atom. The Kier molecular flexibility index (Phi) is 5.41. The average Bonchev–Trinajstić information content (AvgIpc) is 3.06. The molecule has 0 fully saturated rings. The SMILES string of the molecule is COc1ccccc1OC(C)CNC(=O)C(C)n1ccnc1. The second-order valence-corrected chi connectivity index (χ2v) is 5.01. The van der Waals surface area contributed by atoms with Gasteiger partial charge >= 0.3 is 0 Å². The van der Waals surface area contributed by atoms with Gasteiger partial charge in [-0.15, -0.1) is 0 Å². The lowest BCUT2D eigenvalue weighted by atomic mass is 10.3. The zero-order valence-corrected chi connectivity index (χ0v) is 13.0. The van der Waals surface area contributed by atoms with E-state index in [4.69, 9.17) is 9.47 Å². The van der Waals surface area contributed by atoms with Crippen LogP contribution in [-0.4, -0.2) is 35.2 Å². The molecular weight excluding hydrogens is 282 g/mol. The Morgan fingerprint density at radius 2 is 2.05 bits per heavy atom. The Labute approximate surface area is 130 Å². The second-order valence-electron chi connectivity index (χ2n) is 5.01. The molecule has 2 unspecified atom stereocenters. The largest absolute Gasteiger partial charge is 0.493 e. The van der Waals surface area contributed by atoms with Crippen molar-refractivity contribution in [3.63, 3.8) is 0 Å². The third-order valence-corrected chi connectivity index (χ3v) is 3.31. The molecule has 2 rings (SSSR count). The molecule has 6 heteroatoms. The van der Waals surface area contributed by atoms with Crippen LogP contribution in [0.25, 0.3) is 0 Å². The Bertz CT molecular complexity index is 598. The Balaban J connectivity index is 1.85. The molecule has 0 bridgehead atoms. The number of hydrogen-bond donors (Lipinski definition) is 1. The lowest BCUT2D eigenvalue weighted by Crippen LogP contribution is -2.37. The number of ether oxygens (including phenoxy) is 2. The molecule has 22 heavy (non-hydrogen) atoms. The molecule has 0 aliphatic rings. The highest BCUT2D eigenvalue weighted by Crippen LogP contribution is 2.26. The van der Waals surface area contributed by atoms with Crippen LogP contribution in [0.2, 0.25) is 0 Å². The van der Waals surface area contributed by atoms with E-state index in [0.29, 0.717) is 18.0 Å². The standard InChI is InChI=1S/C16H21N3O3/c1-12(22-15-7-5-4-6-14(15)21-3)10-18-16(20)13(2)19-9-8-17-11-19/h4-9,11-13H,10H2,1-3H3,(H,18,20). The Hall–Kier alpha value is -2.50. The minimum absolute atomic E-state index is 0.0755. The van der Waals surface area contributed by atoms with Gasteiger partial charge in [-0.25, -0.2) is 4.98 Å². The van der Waals surface area contributed by atoms with Gasteiger partial charge in [0.1, 0.15) is 12.1 Å². The highest BCUT2D eigenvalue weighted by atomic mass is 16.5. The number of rotatable bonds is 7. The third-order valence-electron chi connectivity index (χ3n) is 3.31. The van der Waals surface area contributed by atoms with E-state index in [1.807, 2.05) is 38.1 Å². The van der Waals surface area contributed by atoms with E-state index in [1.165, 1.54) is 0 Å². The maximum absolute atomic E-state index is 12.1. The van der Waals surface area contributed by atoms with Gasteiger partial charge < -0.3 is 19.4 Å². The summed E-state index contributed by atoms with van der Waals surface area (Å²) >= 11 is 0. The van der Waals surface area contributed by atoms with Gasteiger partial charge in [0.25, 0.3) is 0 Å². The van der Waals surface area contributed by atoms with Crippen LogP contribution in [0.5, 0.6) is 11.5 Å². The monoisotopic (exact) mass is 303 g/mol. The minimum Gasteiger partial charge on any atom is -0.493 e. The lowest BCUT2D eigenvalue weighted by Gasteiger charge is -2.19. The van der Waals surface area contributed by atoms with Crippen LogP contribution >= 0.6 is 0 Å². The summed E-state index contributed by atoms with van der Waals surface area (Å²) in [4.78, 5) is 16.0. The van der Waals surface area contributed by atoms with Gasteiger partial charge in [0, 0.05) is 12.4 Å². The molecule has 1 heterocycles. The lowest BCUT2D eigenvalue weighted by molar-refractivity contribution is -0.124. The average molecular weight is 303 g/mol. The van der Waals surface area contributed by atoms with Crippen molar-refractivity contribution in [1.82, 2.24) is 14.9 Å². The van der Waals surface area contributed by atoms with Gasteiger partial charge in [0.15, 0.2) is 11.5 Å². The molecule has 0 aliphatic heterocycles. The molecule has 118 valence electrons. The van der Waals surface area contributed by atoms with Crippen molar-refractivity contribution >= 4 is 5.91 Å². The summed E-state index contributed by atoms with van der Waals surface area (Å²) in [5, 5.41) is 2.87. The Morgan fingerprint density at radius 3 is 2.68 bits per heavy atom. The van der Waals surface area contributed by atoms with Crippen molar-refractivity contribution < 1.29 is 14.3 Å². The van der Waals surface area contributed by atoms with Gasteiger partial charge in [0.2, 0.25) is 5.91 Å². The molecular formula is C16H21N3O3. The topological polar surface area (TPSA) is 65.4 Å². The van der Waals surface area contributed by atoms with Crippen LogP contribution in [-0.2, 0) is 4.79 Å². The van der Waals surface area contributed by atoms with Crippen LogP contribution < -0.4 is 14.8 Å². The second kappa shape index (κ2) is 7.49. The predicted octanol–water partition coefficient (Wildman–Crippen LogP) is 2.04. The molecule has 0 spiro atoms. The van der Waals surface area contributed by atoms with Gasteiger partial charge in [-0.05, 0) is 26.0 Å². The fourth-order valence-electron chi connectivity index (χ4n) is 2.00. The summed E-state index contributed by atoms with van der Waals surface area (Å²) in [6.45, 7) is 4.13. The maximum Gasteiger partial charge on any atom is 0.242 e. The summed E-state index contributed by atoms with van der Waals surface area (Å²) in [6, 6.07) is 7.13. The van der Waals surface area contributed by atoms with Crippen molar-refractivity contribution in [3.05, 3.63) is 43.0 Å². The molecule has 2 aromatic rings. The number of benzene rings is 1. The molecule has 0 radical (unpaired) electrons. The zero-order valence-electron chi connectivity index (χ0n) is 13.0. The van der Waals surface area contributed by atoms with Crippen LogP contribution in [0.4, 0.5) is 0 Å². The van der Waals surface area contributed by atoms with E-state index in [1.54, 1.807) is 30.4 Å². The number of hydrogen-bond acceptors (Lipinski definition) is 4. The highest BCUT2D eigenvalue weighted by Gasteiger charge is 2.15. The first kappa shape index (κ1) is 15.9. The number of aromatic nitrogens is 2. The van der Waals surface area contributed by atoms with E-state index in [0.717, 1.165) is 0 Å². The molecule has 1 aromatic carbocycles. The molecule has 2 atom stereocenters. The van der Waals surface area contributed by atoms with Crippen molar-refractivity contribution in [3.8, 4) is 11.5 Å². The summed E-state index contributed by atoms with van der Waals surface area (Å²) in [5.41, 5.74) is 0. The number of imidazole rings is 1. The molecule has 1 aromatic heterocycles. The quantitative estimate of drug-likeness (QED) is 0.850. The first-order valence-corrected chi connectivity index (χ1v) is 7.16. The fourth-order valence-corrected chi connectivity index (χ4v) is 2.00. The summed E-state index contributed by atoms with van der Waals surface area (Å²) in [7, 11) is 1.60. The highest BCUT2D eigenvalue weighted by molar-refractivity contribution is 5.79.